The van der Waals surface area contributed by atoms with Crippen LogP contribution in [0.5, 0.6) is 0 Å². The number of hydrogen-bond acceptors (Lipinski definition) is 2. The Labute approximate surface area is 116 Å². The lowest BCUT2D eigenvalue weighted by Gasteiger charge is -2.05. The van der Waals surface area contributed by atoms with Gasteiger partial charge in [0.1, 0.15) is 5.82 Å². The van der Waals surface area contributed by atoms with Crippen molar-refractivity contribution in [1.29, 1.82) is 0 Å². The lowest BCUT2D eigenvalue weighted by Crippen LogP contribution is -1.98. The lowest BCUT2D eigenvalue weighted by molar-refractivity contribution is 0.627. The Kier molecular flexibility index (Phi) is 4.14. The van der Waals surface area contributed by atoms with Gasteiger partial charge in [0, 0.05) is 15.1 Å². The first kappa shape index (κ1) is 13.2. The fourth-order valence-corrected chi connectivity index (χ4v) is 3.28. The quantitative estimate of drug-likeness (QED) is 0.877. The molecule has 0 aliphatic heterocycles. The van der Waals surface area contributed by atoms with E-state index in [0.29, 0.717) is 16.1 Å². The smallest absolute Gasteiger partial charge is 0.125 e. The predicted molar refractivity (Wildman–Crippen MR) is 75.1 cm³/mol. The van der Waals surface area contributed by atoms with Crippen molar-refractivity contribution in [2.75, 3.05) is 5.73 Å². The Hall–Kier alpha value is -1.20. The van der Waals surface area contributed by atoms with Crippen molar-refractivity contribution in [2.24, 2.45) is 0 Å². The molecule has 0 radical (unpaired) electrons. The normalized spacial score (nSPS) is 12.3. The lowest BCUT2D eigenvalue weighted by atomic mass is 10.2. The minimum atomic E-state index is -1.21. The van der Waals surface area contributed by atoms with Gasteiger partial charge in [0.15, 0.2) is 0 Å². The fraction of sp³-hybridized carbons (Fsp3) is 0.0769. The van der Waals surface area contributed by atoms with Gasteiger partial charge in [0.05, 0.1) is 16.6 Å². The van der Waals surface area contributed by atoms with Crippen LogP contribution < -0.4 is 5.73 Å². The molecule has 2 aromatic carbocycles. The second-order valence-corrected chi connectivity index (χ2v) is 6.21. The van der Waals surface area contributed by atoms with Crippen LogP contribution >= 0.6 is 15.9 Å². The molecule has 0 spiro atoms. The Morgan fingerprint density at radius 1 is 1.22 bits per heavy atom. The number of anilines is 1. The van der Waals surface area contributed by atoms with Crippen LogP contribution in [-0.4, -0.2) is 4.21 Å². The van der Waals surface area contributed by atoms with Crippen LogP contribution in [0.2, 0.25) is 0 Å². The van der Waals surface area contributed by atoms with Gasteiger partial charge in [-0.2, -0.15) is 0 Å². The molecule has 0 amide bonds. The number of benzene rings is 2. The summed E-state index contributed by atoms with van der Waals surface area (Å²) >= 11 is 3.32. The van der Waals surface area contributed by atoms with E-state index >= 15 is 0 Å². The van der Waals surface area contributed by atoms with Crippen LogP contribution in [0.15, 0.2) is 51.8 Å². The molecule has 2 rings (SSSR count). The van der Waals surface area contributed by atoms with Gasteiger partial charge in [0.2, 0.25) is 0 Å². The van der Waals surface area contributed by atoms with Crippen LogP contribution in [0.1, 0.15) is 5.56 Å². The van der Waals surface area contributed by atoms with Crippen molar-refractivity contribution in [1.82, 2.24) is 0 Å². The average Bonchev–Trinajstić information content (AvgIpc) is 2.27. The van der Waals surface area contributed by atoms with E-state index in [1.54, 1.807) is 18.2 Å². The first-order valence-corrected chi connectivity index (χ1v) is 7.35. The van der Waals surface area contributed by atoms with Gasteiger partial charge in [-0.25, -0.2) is 4.39 Å². The number of nitrogen functional groups attached to an aromatic ring is 1. The topological polar surface area (TPSA) is 43.1 Å². The number of nitrogens with two attached hydrogens (primary N) is 1. The van der Waals surface area contributed by atoms with Crippen molar-refractivity contribution in [2.45, 2.75) is 10.6 Å². The molecule has 2 aromatic rings. The Bertz CT molecular complexity index is 583. The van der Waals surface area contributed by atoms with Crippen molar-refractivity contribution in [3.63, 3.8) is 0 Å². The highest BCUT2D eigenvalue weighted by Gasteiger charge is 2.07. The standard InChI is InChI=1S/C13H11BrFNOS/c14-10-2-1-3-13(6-10)18(17)8-9-4-11(15)7-12(16)5-9/h1-7H,8,16H2. The average molecular weight is 328 g/mol. The van der Waals surface area contributed by atoms with E-state index in [1.165, 1.54) is 12.1 Å². The third-order valence-electron chi connectivity index (χ3n) is 2.34. The summed E-state index contributed by atoms with van der Waals surface area (Å²) in [5.41, 5.74) is 6.53. The number of halogens is 2. The van der Waals surface area contributed by atoms with Crippen molar-refractivity contribution < 1.29 is 8.60 Å². The van der Waals surface area contributed by atoms with Crippen LogP contribution in [-0.2, 0) is 16.6 Å². The fourth-order valence-electron chi connectivity index (χ4n) is 1.60. The zero-order valence-corrected chi connectivity index (χ0v) is 11.8. The molecule has 1 unspecified atom stereocenters. The summed E-state index contributed by atoms with van der Waals surface area (Å²) in [6, 6.07) is 11.5. The van der Waals surface area contributed by atoms with Gasteiger partial charge in [-0.1, -0.05) is 22.0 Å². The van der Waals surface area contributed by atoms with Gasteiger partial charge < -0.3 is 5.73 Å². The van der Waals surface area contributed by atoms with E-state index in [4.69, 9.17) is 5.73 Å². The maximum atomic E-state index is 13.2. The zero-order chi connectivity index (χ0) is 13.1. The van der Waals surface area contributed by atoms with Crippen molar-refractivity contribution >= 4 is 32.4 Å². The number of hydrogen-bond donors (Lipinski definition) is 1. The van der Waals surface area contributed by atoms with E-state index in [2.05, 4.69) is 15.9 Å². The highest BCUT2D eigenvalue weighted by Crippen LogP contribution is 2.19. The van der Waals surface area contributed by atoms with E-state index in [9.17, 15) is 8.60 Å². The first-order chi connectivity index (χ1) is 8.54. The summed E-state index contributed by atoms with van der Waals surface area (Å²) in [6.45, 7) is 0. The molecule has 0 saturated heterocycles. The summed E-state index contributed by atoms with van der Waals surface area (Å²) in [6.07, 6.45) is 0. The van der Waals surface area contributed by atoms with Gasteiger partial charge in [-0.05, 0) is 42.0 Å². The highest BCUT2D eigenvalue weighted by molar-refractivity contribution is 9.10. The molecule has 0 aliphatic rings. The minimum absolute atomic E-state index is 0.248. The third-order valence-corrected chi connectivity index (χ3v) is 4.21. The second-order valence-electron chi connectivity index (χ2n) is 3.84. The number of rotatable bonds is 3. The molecule has 2 nitrogen and oxygen atoms in total. The van der Waals surface area contributed by atoms with Gasteiger partial charge in [-0.15, -0.1) is 0 Å². The Balaban J connectivity index is 2.21. The summed E-state index contributed by atoms with van der Waals surface area (Å²) < 4.78 is 26.1. The van der Waals surface area contributed by atoms with Crippen molar-refractivity contribution in [3.8, 4) is 0 Å². The Morgan fingerprint density at radius 2 is 2.00 bits per heavy atom. The molecule has 18 heavy (non-hydrogen) atoms. The van der Waals surface area contributed by atoms with Gasteiger partial charge in [-0.3, -0.25) is 4.21 Å². The minimum Gasteiger partial charge on any atom is -0.399 e. The molecule has 94 valence electrons. The van der Waals surface area contributed by atoms with E-state index in [-0.39, 0.29) is 5.75 Å². The van der Waals surface area contributed by atoms with Gasteiger partial charge >= 0.3 is 0 Å². The molecule has 0 fully saturated rings. The molecular weight excluding hydrogens is 317 g/mol. The van der Waals surface area contributed by atoms with Crippen LogP contribution in [0.3, 0.4) is 0 Å². The summed E-state index contributed by atoms with van der Waals surface area (Å²) in [4.78, 5) is 0.701. The van der Waals surface area contributed by atoms with E-state index in [0.717, 1.165) is 4.47 Å². The predicted octanol–water partition coefficient (Wildman–Crippen LogP) is 3.48. The molecule has 5 heteroatoms. The monoisotopic (exact) mass is 327 g/mol. The van der Waals surface area contributed by atoms with Crippen LogP contribution in [0.4, 0.5) is 10.1 Å². The maximum Gasteiger partial charge on any atom is 0.125 e. The van der Waals surface area contributed by atoms with Crippen LogP contribution in [0.25, 0.3) is 0 Å². The molecule has 1 atom stereocenters. The van der Waals surface area contributed by atoms with Crippen LogP contribution in [0, 0.1) is 5.82 Å². The zero-order valence-electron chi connectivity index (χ0n) is 9.40. The largest absolute Gasteiger partial charge is 0.399 e. The van der Waals surface area contributed by atoms with Crippen molar-refractivity contribution in [3.05, 3.63) is 58.3 Å². The molecule has 2 N–H and O–H groups in total. The van der Waals surface area contributed by atoms with E-state index < -0.39 is 16.6 Å². The Morgan fingerprint density at radius 3 is 2.67 bits per heavy atom. The molecule has 0 heterocycles. The SMILES string of the molecule is Nc1cc(F)cc(CS(=O)c2cccc(Br)c2)c1. The molecular formula is C13H11BrFNOS. The molecule has 0 aromatic heterocycles. The van der Waals surface area contributed by atoms with E-state index in [1.807, 2.05) is 12.1 Å². The highest BCUT2D eigenvalue weighted by atomic mass is 79.9. The summed E-state index contributed by atoms with van der Waals surface area (Å²) in [7, 11) is -1.21. The molecule has 0 aliphatic carbocycles. The third kappa shape index (κ3) is 3.40. The molecule has 0 bridgehead atoms. The second kappa shape index (κ2) is 5.63. The summed E-state index contributed by atoms with van der Waals surface area (Å²) in [5.74, 6) is -0.158. The maximum absolute atomic E-state index is 13.2. The summed E-state index contributed by atoms with van der Waals surface area (Å²) in [5, 5.41) is 0. The molecule has 0 saturated carbocycles. The first-order valence-electron chi connectivity index (χ1n) is 5.23. The van der Waals surface area contributed by atoms with Gasteiger partial charge in [0.25, 0.3) is 0 Å².